The van der Waals surface area contributed by atoms with Crippen LogP contribution in [0.4, 0.5) is 0 Å². The number of ether oxygens (including phenoxy) is 2. The summed E-state index contributed by atoms with van der Waals surface area (Å²) in [6, 6.07) is 2.14. The lowest BCUT2D eigenvalue weighted by Gasteiger charge is -2.32. The van der Waals surface area contributed by atoms with Gasteiger partial charge in [-0.3, -0.25) is 4.98 Å². The molecular weight excluding hydrogens is 202 g/mol. The van der Waals surface area contributed by atoms with Crippen molar-refractivity contribution in [3.63, 3.8) is 0 Å². The maximum atomic E-state index is 5.46. The topological polar surface area (TPSA) is 31.4 Å². The zero-order valence-corrected chi connectivity index (χ0v) is 9.66. The monoisotopic (exact) mass is 219 g/mol. The summed E-state index contributed by atoms with van der Waals surface area (Å²) >= 11 is 0. The Morgan fingerprint density at radius 3 is 2.88 bits per heavy atom. The van der Waals surface area contributed by atoms with Gasteiger partial charge in [0, 0.05) is 23.7 Å². The molecule has 0 N–H and O–H groups in total. The summed E-state index contributed by atoms with van der Waals surface area (Å²) in [5.74, 6) is 0. The molecule has 0 atom stereocenters. The van der Waals surface area contributed by atoms with Crippen LogP contribution in [-0.2, 0) is 28.7 Å². The van der Waals surface area contributed by atoms with E-state index in [2.05, 4.69) is 18.0 Å². The molecule has 1 aliphatic heterocycles. The lowest BCUT2D eigenvalue weighted by atomic mass is 9.86. The highest BCUT2D eigenvalue weighted by Gasteiger charge is 2.41. The van der Waals surface area contributed by atoms with Gasteiger partial charge in [-0.05, 0) is 30.0 Å². The molecule has 1 saturated heterocycles. The lowest BCUT2D eigenvalue weighted by molar-refractivity contribution is -0.161. The van der Waals surface area contributed by atoms with Crippen LogP contribution < -0.4 is 0 Å². The minimum absolute atomic E-state index is 0.166. The van der Waals surface area contributed by atoms with Crippen molar-refractivity contribution >= 4 is 0 Å². The third-order valence-electron chi connectivity index (χ3n) is 3.70. The highest BCUT2D eigenvalue weighted by Crippen LogP contribution is 2.39. The number of rotatable bonds is 1. The molecule has 1 spiro atoms. The molecular formula is C13H17NO2. The lowest BCUT2D eigenvalue weighted by Crippen LogP contribution is -2.38. The second-order valence-corrected chi connectivity index (χ2v) is 4.92. The third-order valence-corrected chi connectivity index (χ3v) is 3.70. The van der Waals surface area contributed by atoms with E-state index >= 15 is 0 Å². The van der Waals surface area contributed by atoms with Gasteiger partial charge in [0.2, 0.25) is 0 Å². The first kappa shape index (κ1) is 10.2. The van der Waals surface area contributed by atoms with Crippen LogP contribution in [0, 0.1) is 5.41 Å². The van der Waals surface area contributed by atoms with E-state index in [1.54, 1.807) is 0 Å². The molecule has 0 bridgehead atoms. The highest BCUT2D eigenvalue weighted by atomic mass is 16.7. The number of hydrogen-bond acceptors (Lipinski definition) is 3. The summed E-state index contributed by atoms with van der Waals surface area (Å²) in [6.45, 7) is 4.28. The Morgan fingerprint density at radius 2 is 2.12 bits per heavy atom. The SMILES string of the molecule is CCc1ccnc2c1CC1(COCOC1)C2. The molecule has 1 aromatic rings. The van der Waals surface area contributed by atoms with Crippen LogP contribution in [-0.4, -0.2) is 25.0 Å². The van der Waals surface area contributed by atoms with Gasteiger partial charge in [-0.2, -0.15) is 0 Å². The molecule has 3 rings (SSSR count). The van der Waals surface area contributed by atoms with E-state index in [4.69, 9.17) is 9.47 Å². The summed E-state index contributed by atoms with van der Waals surface area (Å²) in [5, 5.41) is 0. The van der Waals surface area contributed by atoms with E-state index in [1.807, 2.05) is 6.20 Å². The van der Waals surface area contributed by atoms with E-state index in [-0.39, 0.29) is 5.41 Å². The van der Waals surface area contributed by atoms with Crippen molar-refractivity contribution < 1.29 is 9.47 Å². The maximum Gasteiger partial charge on any atom is 0.146 e. The van der Waals surface area contributed by atoms with Crippen LogP contribution in [0.25, 0.3) is 0 Å². The van der Waals surface area contributed by atoms with Gasteiger partial charge in [-0.15, -0.1) is 0 Å². The molecule has 0 saturated carbocycles. The molecule has 1 aromatic heterocycles. The van der Waals surface area contributed by atoms with Gasteiger partial charge in [-0.25, -0.2) is 0 Å². The molecule has 0 radical (unpaired) electrons. The Hall–Kier alpha value is -0.930. The van der Waals surface area contributed by atoms with Gasteiger partial charge in [0.05, 0.1) is 13.2 Å². The number of hydrogen-bond donors (Lipinski definition) is 0. The van der Waals surface area contributed by atoms with Gasteiger partial charge in [0.15, 0.2) is 0 Å². The van der Waals surface area contributed by atoms with Gasteiger partial charge < -0.3 is 9.47 Å². The second-order valence-electron chi connectivity index (χ2n) is 4.92. The fourth-order valence-electron chi connectivity index (χ4n) is 2.89. The van der Waals surface area contributed by atoms with Gasteiger partial charge in [0.1, 0.15) is 6.79 Å². The van der Waals surface area contributed by atoms with E-state index in [1.165, 1.54) is 16.8 Å². The van der Waals surface area contributed by atoms with Crippen molar-refractivity contribution in [1.82, 2.24) is 4.98 Å². The molecule has 16 heavy (non-hydrogen) atoms. The maximum absolute atomic E-state index is 5.46. The smallest absolute Gasteiger partial charge is 0.146 e. The number of nitrogens with zero attached hydrogens (tertiary/aromatic N) is 1. The van der Waals surface area contributed by atoms with Crippen LogP contribution in [0.3, 0.4) is 0 Å². The Kier molecular flexibility index (Phi) is 2.45. The first-order valence-corrected chi connectivity index (χ1v) is 5.94. The molecule has 86 valence electrons. The minimum Gasteiger partial charge on any atom is -0.355 e. The largest absolute Gasteiger partial charge is 0.355 e. The van der Waals surface area contributed by atoms with Gasteiger partial charge >= 0.3 is 0 Å². The standard InChI is InChI=1S/C13H17NO2/c1-2-10-3-4-14-12-6-13(5-11(10)12)7-15-9-16-8-13/h3-4H,2,5-9H2,1H3. The summed E-state index contributed by atoms with van der Waals surface area (Å²) in [5.41, 5.74) is 4.30. The van der Waals surface area contributed by atoms with Crippen LogP contribution in [0.1, 0.15) is 23.7 Å². The zero-order valence-electron chi connectivity index (χ0n) is 9.66. The van der Waals surface area contributed by atoms with Crippen molar-refractivity contribution in [3.8, 4) is 0 Å². The predicted molar refractivity (Wildman–Crippen MR) is 60.2 cm³/mol. The highest BCUT2D eigenvalue weighted by molar-refractivity contribution is 5.36. The van der Waals surface area contributed by atoms with Crippen molar-refractivity contribution in [2.75, 3.05) is 20.0 Å². The minimum atomic E-state index is 0.166. The Balaban J connectivity index is 1.93. The Labute approximate surface area is 95.8 Å². The Bertz CT molecular complexity index is 397. The van der Waals surface area contributed by atoms with Gasteiger partial charge in [-0.1, -0.05) is 6.92 Å². The van der Waals surface area contributed by atoms with Crippen molar-refractivity contribution in [3.05, 3.63) is 29.1 Å². The van der Waals surface area contributed by atoms with Crippen molar-refractivity contribution in [2.45, 2.75) is 26.2 Å². The van der Waals surface area contributed by atoms with Crippen LogP contribution in [0.5, 0.6) is 0 Å². The van der Waals surface area contributed by atoms with Gasteiger partial charge in [0.25, 0.3) is 0 Å². The molecule has 2 heterocycles. The molecule has 3 heteroatoms. The van der Waals surface area contributed by atoms with Crippen molar-refractivity contribution in [1.29, 1.82) is 0 Å². The number of aromatic nitrogens is 1. The molecule has 1 aliphatic carbocycles. The van der Waals surface area contributed by atoms with E-state index in [0.29, 0.717) is 6.79 Å². The summed E-state index contributed by atoms with van der Waals surface area (Å²) < 4.78 is 10.9. The molecule has 0 amide bonds. The first-order chi connectivity index (χ1) is 7.83. The Morgan fingerprint density at radius 1 is 1.31 bits per heavy atom. The van der Waals surface area contributed by atoms with Crippen LogP contribution in [0.15, 0.2) is 12.3 Å². The molecule has 2 aliphatic rings. The fourth-order valence-corrected chi connectivity index (χ4v) is 2.89. The van der Waals surface area contributed by atoms with E-state index in [0.717, 1.165) is 32.5 Å². The predicted octanol–water partition coefficient (Wildman–Crippen LogP) is 1.73. The fraction of sp³-hybridized carbons (Fsp3) is 0.615. The normalized spacial score (nSPS) is 22.3. The average Bonchev–Trinajstić information content (AvgIpc) is 2.67. The van der Waals surface area contributed by atoms with Crippen molar-refractivity contribution in [2.24, 2.45) is 5.41 Å². The molecule has 3 nitrogen and oxygen atoms in total. The summed E-state index contributed by atoms with van der Waals surface area (Å²) in [4.78, 5) is 4.51. The van der Waals surface area contributed by atoms with E-state index < -0.39 is 0 Å². The number of fused-ring (bicyclic) bond motifs is 1. The molecule has 1 fully saturated rings. The van der Waals surface area contributed by atoms with E-state index in [9.17, 15) is 0 Å². The zero-order chi connectivity index (χ0) is 11.0. The number of pyridine rings is 1. The summed E-state index contributed by atoms with van der Waals surface area (Å²) in [6.07, 6.45) is 5.10. The summed E-state index contributed by atoms with van der Waals surface area (Å²) in [7, 11) is 0. The van der Waals surface area contributed by atoms with Crippen LogP contribution >= 0.6 is 0 Å². The first-order valence-electron chi connectivity index (χ1n) is 5.94. The quantitative estimate of drug-likeness (QED) is 0.721. The molecule has 0 unspecified atom stereocenters. The number of aryl methyl sites for hydroxylation is 1. The average molecular weight is 219 g/mol. The second kappa shape index (κ2) is 3.82. The molecule has 0 aromatic carbocycles. The van der Waals surface area contributed by atoms with Crippen LogP contribution in [0.2, 0.25) is 0 Å². The third kappa shape index (κ3) is 1.55.